The first kappa shape index (κ1) is 11.8. The van der Waals surface area contributed by atoms with Gasteiger partial charge in [-0.05, 0) is 31.9 Å². The summed E-state index contributed by atoms with van der Waals surface area (Å²) in [4.78, 5) is 11.8. The maximum atomic E-state index is 11.8. The number of nitrogens with one attached hydrogen (secondary N) is 1. The lowest BCUT2D eigenvalue weighted by atomic mass is 10.1. The van der Waals surface area contributed by atoms with Gasteiger partial charge in [-0.2, -0.15) is 0 Å². The highest BCUT2D eigenvalue weighted by molar-refractivity contribution is 5.94. The van der Waals surface area contributed by atoms with E-state index in [1.54, 1.807) is 0 Å². The van der Waals surface area contributed by atoms with Crippen LogP contribution in [0.2, 0.25) is 0 Å². The van der Waals surface area contributed by atoms with Gasteiger partial charge < -0.3 is 5.32 Å². The van der Waals surface area contributed by atoms with Gasteiger partial charge in [0, 0.05) is 11.6 Å². The maximum Gasteiger partial charge on any atom is 0.251 e. The fourth-order valence-corrected chi connectivity index (χ4v) is 1.55. The van der Waals surface area contributed by atoms with E-state index in [9.17, 15) is 4.79 Å². The molecule has 2 heteroatoms. The number of benzene rings is 1. The highest BCUT2D eigenvalue weighted by Gasteiger charge is 2.09. The molecule has 2 nitrogen and oxygen atoms in total. The highest BCUT2D eigenvalue weighted by atomic mass is 16.1. The highest BCUT2D eigenvalue weighted by Crippen LogP contribution is 2.05. The van der Waals surface area contributed by atoms with Crippen molar-refractivity contribution >= 4 is 5.91 Å². The Balaban J connectivity index is 2.68. The molecule has 0 aliphatic rings. The predicted octanol–water partition coefficient (Wildman–Crippen LogP) is 2.91. The molecule has 0 aliphatic carbocycles. The van der Waals surface area contributed by atoms with Gasteiger partial charge >= 0.3 is 0 Å². The molecule has 0 aliphatic heterocycles. The summed E-state index contributed by atoms with van der Waals surface area (Å²) in [5.41, 5.74) is 1.87. The Hall–Kier alpha value is -1.31. The van der Waals surface area contributed by atoms with Gasteiger partial charge in [-0.25, -0.2) is 0 Å². The van der Waals surface area contributed by atoms with Crippen molar-refractivity contribution in [3.63, 3.8) is 0 Å². The largest absolute Gasteiger partial charge is 0.349 e. The summed E-state index contributed by atoms with van der Waals surface area (Å²) in [5.74, 6) is 0.0346. The van der Waals surface area contributed by atoms with Crippen molar-refractivity contribution in [3.8, 4) is 0 Å². The molecule has 0 spiro atoms. The van der Waals surface area contributed by atoms with Gasteiger partial charge in [-0.1, -0.05) is 31.5 Å². The second-order valence-electron chi connectivity index (χ2n) is 3.86. The smallest absolute Gasteiger partial charge is 0.251 e. The zero-order valence-electron chi connectivity index (χ0n) is 9.71. The van der Waals surface area contributed by atoms with Crippen LogP contribution in [0, 0.1) is 6.92 Å². The molecule has 0 saturated carbocycles. The minimum Gasteiger partial charge on any atom is -0.349 e. The van der Waals surface area contributed by atoms with Crippen molar-refractivity contribution in [2.45, 2.75) is 39.7 Å². The molecule has 1 rings (SSSR count). The van der Waals surface area contributed by atoms with E-state index in [1.165, 1.54) is 0 Å². The Bertz CT molecular complexity index is 329. The molecule has 0 atom stereocenters. The van der Waals surface area contributed by atoms with E-state index in [4.69, 9.17) is 0 Å². The van der Waals surface area contributed by atoms with E-state index in [-0.39, 0.29) is 11.9 Å². The fourth-order valence-electron chi connectivity index (χ4n) is 1.55. The molecule has 0 radical (unpaired) electrons. The van der Waals surface area contributed by atoms with Gasteiger partial charge in [0.25, 0.3) is 5.91 Å². The molecule has 15 heavy (non-hydrogen) atoms. The van der Waals surface area contributed by atoms with Crippen molar-refractivity contribution < 1.29 is 4.79 Å². The number of rotatable bonds is 4. The lowest BCUT2D eigenvalue weighted by molar-refractivity contribution is 0.0935. The summed E-state index contributed by atoms with van der Waals surface area (Å²) < 4.78 is 0. The average molecular weight is 205 g/mol. The van der Waals surface area contributed by atoms with E-state index in [0.29, 0.717) is 0 Å². The lowest BCUT2D eigenvalue weighted by Gasteiger charge is -2.14. The molecule has 0 heterocycles. The normalized spacial score (nSPS) is 10.4. The summed E-state index contributed by atoms with van der Waals surface area (Å²) >= 11 is 0. The molecular formula is C13H19NO. The molecule has 0 bridgehead atoms. The zero-order valence-corrected chi connectivity index (χ0v) is 9.71. The van der Waals surface area contributed by atoms with Crippen LogP contribution in [0.5, 0.6) is 0 Å². The Kier molecular flexibility index (Phi) is 4.35. The maximum absolute atomic E-state index is 11.8. The van der Waals surface area contributed by atoms with Crippen molar-refractivity contribution in [3.05, 3.63) is 35.4 Å². The van der Waals surface area contributed by atoms with Gasteiger partial charge in [0.05, 0.1) is 0 Å². The number of carbonyl (C=O) groups excluding carboxylic acids is 1. The van der Waals surface area contributed by atoms with Gasteiger partial charge in [-0.15, -0.1) is 0 Å². The monoisotopic (exact) mass is 205 g/mol. The van der Waals surface area contributed by atoms with Crippen LogP contribution in [-0.2, 0) is 0 Å². The van der Waals surface area contributed by atoms with E-state index in [1.807, 2.05) is 31.2 Å². The standard InChI is InChI=1S/C13H19NO/c1-4-12(5-2)14-13(15)11-8-6-7-10(3)9-11/h6-9,12H,4-5H2,1-3H3,(H,14,15). The minimum atomic E-state index is 0.0346. The first-order chi connectivity index (χ1) is 7.17. The molecule has 1 aromatic rings. The third-order valence-corrected chi connectivity index (χ3v) is 2.60. The quantitative estimate of drug-likeness (QED) is 0.804. The number of aryl methyl sites for hydroxylation is 1. The van der Waals surface area contributed by atoms with E-state index in [0.717, 1.165) is 24.0 Å². The average Bonchev–Trinajstić information content (AvgIpc) is 2.25. The molecular weight excluding hydrogens is 186 g/mol. The number of amides is 1. The van der Waals surface area contributed by atoms with Crippen molar-refractivity contribution in [2.24, 2.45) is 0 Å². The van der Waals surface area contributed by atoms with Crippen molar-refractivity contribution in [1.82, 2.24) is 5.32 Å². The SMILES string of the molecule is CCC(CC)NC(=O)c1cccc(C)c1. The summed E-state index contributed by atoms with van der Waals surface area (Å²) in [7, 11) is 0. The van der Waals surface area contributed by atoms with Crippen molar-refractivity contribution in [1.29, 1.82) is 0 Å². The predicted molar refractivity (Wildman–Crippen MR) is 63.0 cm³/mol. The first-order valence-corrected chi connectivity index (χ1v) is 5.54. The number of hydrogen-bond donors (Lipinski definition) is 1. The van der Waals surface area contributed by atoms with Crippen LogP contribution in [0.25, 0.3) is 0 Å². The molecule has 0 aromatic heterocycles. The minimum absolute atomic E-state index is 0.0346. The fraction of sp³-hybridized carbons (Fsp3) is 0.462. The summed E-state index contributed by atoms with van der Waals surface area (Å²) in [6.07, 6.45) is 1.96. The van der Waals surface area contributed by atoms with Crippen LogP contribution in [-0.4, -0.2) is 11.9 Å². The second kappa shape index (κ2) is 5.54. The Morgan fingerprint density at radius 3 is 2.53 bits per heavy atom. The number of hydrogen-bond acceptors (Lipinski definition) is 1. The topological polar surface area (TPSA) is 29.1 Å². The van der Waals surface area contributed by atoms with Crippen LogP contribution >= 0.6 is 0 Å². The Labute approximate surface area is 91.7 Å². The van der Waals surface area contributed by atoms with Gasteiger partial charge in [-0.3, -0.25) is 4.79 Å². The summed E-state index contributed by atoms with van der Waals surface area (Å²) in [5, 5.41) is 3.02. The number of carbonyl (C=O) groups is 1. The van der Waals surface area contributed by atoms with Crippen molar-refractivity contribution in [2.75, 3.05) is 0 Å². The van der Waals surface area contributed by atoms with E-state index in [2.05, 4.69) is 19.2 Å². The summed E-state index contributed by atoms with van der Waals surface area (Å²) in [6, 6.07) is 7.96. The molecule has 0 fully saturated rings. The zero-order chi connectivity index (χ0) is 11.3. The third-order valence-electron chi connectivity index (χ3n) is 2.60. The van der Waals surface area contributed by atoms with Gasteiger partial charge in [0.2, 0.25) is 0 Å². The third kappa shape index (κ3) is 3.39. The van der Waals surface area contributed by atoms with Crippen LogP contribution in [0.4, 0.5) is 0 Å². The molecule has 0 unspecified atom stereocenters. The van der Waals surface area contributed by atoms with Gasteiger partial charge in [0.15, 0.2) is 0 Å². The second-order valence-corrected chi connectivity index (χ2v) is 3.86. The molecule has 1 aromatic carbocycles. The van der Waals surface area contributed by atoms with Crippen LogP contribution < -0.4 is 5.32 Å². The van der Waals surface area contributed by atoms with Crippen LogP contribution in [0.3, 0.4) is 0 Å². The van der Waals surface area contributed by atoms with Crippen LogP contribution in [0.15, 0.2) is 24.3 Å². The van der Waals surface area contributed by atoms with Gasteiger partial charge in [0.1, 0.15) is 0 Å². The molecule has 1 amide bonds. The first-order valence-electron chi connectivity index (χ1n) is 5.54. The van der Waals surface area contributed by atoms with Crippen LogP contribution in [0.1, 0.15) is 42.6 Å². The Morgan fingerprint density at radius 1 is 1.33 bits per heavy atom. The molecule has 0 saturated heterocycles. The Morgan fingerprint density at radius 2 is 2.00 bits per heavy atom. The molecule has 82 valence electrons. The van der Waals surface area contributed by atoms with E-state index < -0.39 is 0 Å². The lowest BCUT2D eigenvalue weighted by Crippen LogP contribution is -2.33. The molecule has 1 N–H and O–H groups in total. The van der Waals surface area contributed by atoms with E-state index >= 15 is 0 Å². The summed E-state index contributed by atoms with van der Waals surface area (Å²) in [6.45, 7) is 6.17.